The van der Waals surface area contributed by atoms with Crippen molar-refractivity contribution < 1.29 is 13.9 Å². The first-order chi connectivity index (χ1) is 16.6. The number of nitrogens with zero attached hydrogens (tertiary/aromatic N) is 6. The number of benzene rings is 2. The Balaban J connectivity index is 1.42. The lowest BCUT2D eigenvalue weighted by atomic mass is 10.1. The number of piperazine rings is 1. The van der Waals surface area contributed by atoms with Crippen molar-refractivity contribution in [3.05, 3.63) is 59.7 Å². The molecule has 1 aromatic heterocycles. The standard InChI is InChI=1S/C25H33FN6O2/c1-4-5-22(31-16-14-30(15-17-31)21-9-7-20(26)8-10-21)25-27-28-29-32(25)13-12-19-6-11-23(33-2)24(18-19)34-3/h6-11,18,22H,4-5,12-17H2,1-3H3/t22-/m1/s1. The summed E-state index contributed by atoms with van der Waals surface area (Å²) in [7, 11) is 3.28. The first kappa shape index (κ1) is 23.9. The molecule has 9 heteroatoms. The number of aromatic nitrogens is 4. The molecule has 2 heterocycles. The average molecular weight is 469 g/mol. The number of hydrogen-bond acceptors (Lipinski definition) is 7. The van der Waals surface area contributed by atoms with Crippen LogP contribution in [0.3, 0.4) is 0 Å². The van der Waals surface area contributed by atoms with Gasteiger partial charge in [0.1, 0.15) is 5.82 Å². The molecule has 1 aliphatic rings. The van der Waals surface area contributed by atoms with Crippen LogP contribution in [-0.4, -0.2) is 65.5 Å². The van der Waals surface area contributed by atoms with Crippen LogP contribution in [0.25, 0.3) is 0 Å². The molecular formula is C25H33FN6O2. The van der Waals surface area contributed by atoms with Gasteiger partial charge in [0.15, 0.2) is 17.3 Å². The smallest absolute Gasteiger partial charge is 0.168 e. The highest BCUT2D eigenvalue weighted by atomic mass is 19.1. The molecule has 8 nitrogen and oxygen atoms in total. The van der Waals surface area contributed by atoms with Crippen molar-refractivity contribution in [1.82, 2.24) is 25.1 Å². The lowest BCUT2D eigenvalue weighted by molar-refractivity contribution is 0.164. The maximum Gasteiger partial charge on any atom is 0.168 e. The molecule has 0 radical (unpaired) electrons. The summed E-state index contributed by atoms with van der Waals surface area (Å²) in [5, 5.41) is 12.7. The van der Waals surface area contributed by atoms with E-state index in [1.165, 1.54) is 12.1 Å². The highest BCUT2D eigenvalue weighted by Crippen LogP contribution is 2.29. The Morgan fingerprint density at radius 3 is 2.38 bits per heavy atom. The van der Waals surface area contributed by atoms with Gasteiger partial charge in [-0.15, -0.1) is 5.10 Å². The van der Waals surface area contributed by atoms with Crippen LogP contribution in [0.1, 0.15) is 37.2 Å². The number of rotatable bonds is 10. The van der Waals surface area contributed by atoms with Crippen molar-refractivity contribution in [2.45, 2.75) is 38.8 Å². The Labute approximate surface area is 200 Å². The highest BCUT2D eigenvalue weighted by Gasteiger charge is 2.28. The second kappa shape index (κ2) is 11.3. The predicted molar refractivity (Wildman–Crippen MR) is 129 cm³/mol. The fourth-order valence-corrected chi connectivity index (χ4v) is 4.57. The van der Waals surface area contributed by atoms with Crippen LogP contribution in [0, 0.1) is 5.82 Å². The molecule has 0 saturated carbocycles. The van der Waals surface area contributed by atoms with Gasteiger partial charge in [0.25, 0.3) is 0 Å². The summed E-state index contributed by atoms with van der Waals surface area (Å²) < 4.78 is 26.0. The van der Waals surface area contributed by atoms with Crippen LogP contribution >= 0.6 is 0 Å². The maximum absolute atomic E-state index is 13.3. The predicted octanol–water partition coefficient (Wildman–Crippen LogP) is 3.74. The van der Waals surface area contributed by atoms with Gasteiger partial charge in [0.05, 0.1) is 20.3 Å². The topological polar surface area (TPSA) is 68.5 Å². The average Bonchev–Trinajstić information content (AvgIpc) is 3.34. The van der Waals surface area contributed by atoms with Crippen molar-refractivity contribution in [1.29, 1.82) is 0 Å². The quantitative estimate of drug-likeness (QED) is 0.449. The SMILES string of the molecule is CCC[C@H](c1nnnn1CCc1ccc(OC)c(OC)c1)N1CCN(c2ccc(F)cc2)CC1. The molecule has 1 atom stereocenters. The molecule has 3 aromatic rings. The Kier molecular flexibility index (Phi) is 7.95. The van der Waals surface area contributed by atoms with Crippen molar-refractivity contribution >= 4 is 5.69 Å². The van der Waals surface area contributed by atoms with E-state index in [1.807, 2.05) is 35.0 Å². The summed E-state index contributed by atoms with van der Waals surface area (Å²) in [5.74, 6) is 2.15. The molecule has 0 aliphatic carbocycles. The molecule has 0 amide bonds. The van der Waals surface area contributed by atoms with E-state index in [4.69, 9.17) is 9.47 Å². The highest BCUT2D eigenvalue weighted by molar-refractivity contribution is 5.46. The van der Waals surface area contributed by atoms with Gasteiger partial charge in [-0.2, -0.15) is 0 Å². The molecule has 4 rings (SSSR count). The number of tetrazole rings is 1. The normalized spacial score (nSPS) is 15.4. The minimum atomic E-state index is -0.203. The van der Waals surface area contributed by atoms with Gasteiger partial charge in [0.2, 0.25) is 0 Å². The van der Waals surface area contributed by atoms with Gasteiger partial charge in [-0.3, -0.25) is 4.90 Å². The largest absolute Gasteiger partial charge is 0.493 e. The summed E-state index contributed by atoms with van der Waals surface area (Å²) in [6.07, 6.45) is 2.83. The summed E-state index contributed by atoms with van der Waals surface area (Å²) >= 11 is 0. The third kappa shape index (κ3) is 5.47. The summed E-state index contributed by atoms with van der Waals surface area (Å²) in [5.41, 5.74) is 2.20. The second-order valence-corrected chi connectivity index (χ2v) is 8.50. The molecule has 0 spiro atoms. The summed E-state index contributed by atoms with van der Waals surface area (Å²) in [4.78, 5) is 4.78. The van der Waals surface area contributed by atoms with Crippen LogP contribution in [-0.2, 0) is 13.0 Å². The molecule has 2 aromatic carbocycles. The summed E-state index contributed by atoms with van der Waals surface area (Å²) in [6.45, 7) is 6.47. The molecular weight excluding hydrogens is 435 g/mol. The number of hydrogen-bond donors (Lipinski definition) is 0. The van der Waals surface area contributed by atoms with Gasteiger partial charge in [0, 0.05) is 38.4 Å². The third-order valence-electron chi connectivity index (χ3n) is 6.43. The van der Waals surface area contributed by atoms with Crippen molar-refractivity contribution in [2.75, 3.05) is 45.3 Å². The molecule has 1 aliphatic heterocycles. The molecule has 0 N–H and O–H groups in total. The van der Waals surface area contributed by atoms with Gasteiger partial charge in [-0.25, -0.2) is 9.07 Å². The molecule has 34 heavy (non-hydrogen) atoms. The van der Waals surface area contributed by atoms with Crippen LogP contribution in [0.15, 0.2) is 42.5 Å². The fourth-order valence-electron chi connectivity index (χ4n) is 4.57. The number of anilines is 1. The van der Waals surface area contributed by atoms with E-state index in [0.29, 0.717) is 6.54 Å². The number of halogens is 1. The number of methoxy groups -OCH3 is 2. The molecule has 182 valence electrons. The van der Waals surface area contributed by atoms with E-state index >= 15 is 0 Å². The molecule has 0 bridgehead atoms. The van der Waals surface area contributed by atoms with Crippen LogP contribution in [0.5, 0.6) is 11.5 Å². The lowest BCUT2D eigenvalue weighted by Crippen LogP contribution is -2.48. The zero-order chi connectivity index (χ0) is 23.9. The molecule has 1 fully saturated rings. The Morgan fingerprint density at radius 1 is 0.971 bits per heavy atom. The zero-order valence-corrected chi connectivity index (χ0v) is 20.2. The van der Waals surface area contributed by atoms with E-state index in [0.717, 1.165) is 74.0 Å². The monoisotopic (exact) mass is 468 g/mol. The van der Waals surface area contributed by atoms with Gasteiger partial charge in [-0.05, 0) is 65.2 Å². The summed E-state index contributed by atoms with van der Waals surface area (Å²) in [6, 6.07) is 12.9. The molecule has 1 saturated heterocycles. The van der Waals surface area contributed by atoms with E-state index in [2.05, 4.69) is 32.2 Å². The Bertz CT molecular complexity index is 1050. The van der Waals surface area contributed by atoms with Crippen molar-refractivity contribution in [3.8, 4) is 11.5 Å². The van der Waals surface area contributed by atoms with Gasteiger partial charge in [-0.1, -0.05) is 19.4 Å². The van der Waals surface area contributed by atoms with Crippen LogP contribution in [0.4, 0.5) is 10.1 Å². The number of ether oxygens (including phenoxy) is 2. The maximum atomic E-state index is 13.3. The minimum absolute atomic E-state index is 0.167. The Hall–Kier alpha value is -3.20. The van der Waals surface area contributed by atoms with Crippen LogP contribution in [0.2, 0.25) is 0 Å². The van der Waals surface area contributed by atoms with E-state index in [-0.39, 0.29) is 11.9 Å². The zero-order valence-electron chi connectivity index (χ0n) is 20.2. The van der Waals surface area contributed by atoms with E-state index in [1.54, 1.807) is 14.2 Å². The van der Waals surface area contributed by atoms with E-state index < -0.39 is 0 Å². The first-order valence-corrected chi connectivity index (χ1v) is 11.8. The fraction of sp³-hybridized carbons (Fsp3) is 0.480. The van der Waals surface area contributed by atoms with Gasteiger partial charge < -0.3 is 14.4 Å². The third-order valence-corrected chi connectivity index (χ3v) is 6.43. The van der Waals surface area contributed by atoms with Crippen LogP contribution < -0.4 is 14.4 Å². The second-order valence-electron chi connectivity index (χ2n) is 8.50. The first-order valence-electron chi connectivity index (χ1n) is 11.8. The van der Waals surface area contributed by atoms with E-state index in [9.17, 15) is 4.39 Å². The van der Waals surface area contributed by atoms with Gasteiger partial charge >= 0.3 is 0 Å². The molecule has 0 unspecified atom stereocenters. The van der Waals surface area contributed by atoms with Crippen molar-refractivity contribution in [3.63, 3.8) is 0 Å². The lowest BCUT2D eigenvalue weighted by Gasteiger charge is -2.39. The Morgan fingerprint density at radius 2 is 1.71 bits per heavy atom. The number of aryl methyl sites for hydroxylation is 2. The minimum Gasteiger partial charge on any atom is -0.493 e. The van der Waals surface area contributed by atoms with Crippen molar-refractivity contribution in [2.24, 2.45) is 0 Å².